The van der Waals surface area contributed by atoms with Crippen LogP contribution >= 0.6 is 0 Å². The molecule has 0 radical (unpaired) electrons. The molecule has 32 heavy (non-hydrogen) atoms. The lowest BCUT2D eigenvalue weighted by Gasteiger charge is -2.26. The predicted molar refractivity (Wildman–Crippen MR) is 107 cm³/mol. The lowest BCUT2D eigenvalue weighted by Crippen LogP contribution is -2.45. The summed E-state index contributed by atoms with van der Waals surface area (Å²) in [6, 6.07) is -0.121. The van der Waals surface area contributed by atoms with Crippen LogP contribution in [0.2, 0.25) is 0 Å². The van der Waals surface area contributed by atoms with Gasteiger partial charge in [-0.15, -0.1) is 0 Å². The number of aromatic nitrogens is 2. The van der Waals surface area contributed by atoms with Crippen molar-refractivity contribution in [3.05, 3.63) is 10.4 Å². The Morgan fingerprint density at radius 1 is 1.03 bits per heavy atom. The van der Waals surface area contributed by atoms with E-state index in [0.717, 1.165) is 32.3 Å². The van der Waals surface area contributed by atoms with Crippen molar-refractivity contribution in [2.75, 3.05) is 19.5 Å². The van der Waals surface area contributed by atoms with Gasteiger partial charge in [0.15, 0.2) is 17.6 Å². The molecule has 0 fully saturated rings. The van der Waals surface area contributed by atoms with Crippen molar-refractivity contribution in [2.45, 2.75) is 39.9 Å². The van der Waals surface area contributed by atoms with Gasteiger partial charge in [0.2, 0.25) is 12.0 Å². The van der Waals surface area contributed by atoms with Gasteiger partial charge >= 0.3 is 29.9 Å². The van der Waals surface area contributed by atoms with Gasteiger partial charge in [0, 0.05) is 34.7 Å². The molecular formula is C18H24N4O10. The quantitative estimate of drug-likeness (QED) is 0.226. The van der Waals surface area contributed by atoms with E-state index in [1.165, 1.54) is 14.2 Å². The van der Waals surface area contributed by atoms with Crippen molar-refractivity contribution >= 4 is 41.3 Å². The fraction of sp³-hybridized carbons (Fsp3) is 0.500. The van der Waals surface area contributed by atoms with E-state index in [2.05, 4.69) is 9.98 Å². The summed E-state index contributed by atoms with van der Waals surface area (Å²) in [7, 11) is 2.59. The van der Waals surface area contributed by atoms with Crippen LogP contribution in [0.3, 0.4) is 0 Å². The number of nitrogens with zero attached hydrogens (tertiary/aromatic N) is 3. The topological polar surface area (TPSA) is 188 Å². The SMILES string of the molecule is COc1nc(N)c(N=C(OC(C)=O)[C@@H](OC(C)=O)[C@@H](COC(C)=O)OC(C)=O)c(=O)n1C. The lowest BCUT2D eigenvalue weighted by molar-refractivity contribution is -0.169. The normalized spacial score (nSPS) is 12.9. The molecule has 1 heterocycles. The molecule has 2 N–H and O–H groups in total. The Hall–Kier alpha value is -3.97. The van der Waals surface area contributed by atoms with Crippen molar-refractivity contribution in [1.82, 2.24) is 9.55 Å². The average Bonchev–Trinajstić information content (AvgIpc) is 2.67. The van der Waals surface area contributed by atoms with E-state index < -0.39 is 59.8 Å². The molecule has 14 nitrogen and oxygen atoms in total. The van der Waals surface area contributed by atoms with Crippen molar-refractivity contribution in [3.63, 3.8) is 0 Å². The second-order valence-corrected chi connectivity index (χ2v) is 6.22. The molecule has 0 aromatic carbocycles. The maximum atomic E-state index is 12.7. The Labute approximate surface area is 182 Å². The number of esters is 4. The molecule has 0 aliphatic rings. The van der Waals surface area contributed by atoms with Crippen LogP contribution < -0.4 is 16.0 Å². The first-order valence-electron chi connectivity index (χ1n) is 9.02. The standard InChI is InChI=1S/C18H24N4O10/c1-8(23)29-7-12(30-9(2)24)14(31-10(3)25)16(32-11(4)26)20-13-15(19)21-18(28-6)22(5)17(13)27/h12,14H,7,19H2,1-6H3/t12-,14+/m1/s1. The molecule has 1 aromatic rings. The third-order valence-electron chi connectivity index (χ3n) is 3.55. The van der Waals surface area contributed by atoms with Gasteiger partial charge in [0.05, 0.1) is 7.11 Å². The second-order valence-electron chi connectivity index (χ2n) is 6.22. The van der Waals surface area contributed by atoms with Crippen LogP contribution in [0, 0.1) is 0 Å². The smallest absolute Gasteiger partial charge is 0.309 e. The van der Waals surface area contributed by atoms with E-state index in [1.807, 2.05) is 0 Å². The first-order chi connectivity index (χ1) is 14.9. The number of nitrogens with two attached hydrogens (primary N) is 1. The predicted octanol–water partition coefficient (Wildman–Crippen LogP) is -0.609. The number of hydrogen-bond acceptors (Lipinski definition) is 13. The third kappa shape index (κ3) is 7.37. The number of methoxy groups -OCH3 is 1. The summed E-state index contributed by atoms with van der Waals surface area (Å²) in [5.74, 6) is -4.41. The molecule has 14 heteroatoms. The maximum Gasteiger partial charge on any atom is 0.309 e. The molecule has 0 unspecified atom stereocenters. The molecule has 0 saturated carbocycles. The molecule has 0 saturated heterocycles. The fourth-order valence-corrected chi connectivity index (χ4v) is 2.34. The van der Waals surface area contributed by atoms with Crippen molar-refractivity contribution in [2.24, 2.45) is 12.0 Å². The summed E-state index contributed by atoms with van der Waals surface area (Å²) in [6.45, 7) is 3.61. The van der Waals surface area contributed by atoms with Gasteiger partial charge < -0.3 is 29.4 Å². The minimum Gasteiger partial charge on any atom is -0.468 e. The summed E-state index contributed by atoms with van der Waals surface area (Å²) in [6.07, 6.45) is -3.17. The molecular weight excluding hydrogens is 432 g/mol. The average molecular weight is 456 g/mol. The maximum absolute atomic E-state index is 12.7. The zero-order valence-corrected chi connectivity index (χ0v) is 18.4. The molecule has 0 amide bonds. The van der Waals surface area contributed by atoms with Gasteiger partial charge in [-0.3, -0.25) is 28.5 Å². The summed E-state index contributed by atoms with van der Waals surface area (Å²) in [5.41, 5.74) is 4.52. The van der Waals surface area contributed by atoms with Crippen LogP contribution in [0.25, 0.3) is 0 Å². The Morgan fingerprint density at radius 3 is 2.09 bits per heavy atom. The fourth-order valence-electron chi connectivity index (χ4n) is 2.34. The minimum atomic E-state index is -1.69. The number of carbonyl (C=O) groups is 4. The van der Waals surface area contributed by atoms with Crippen LogP contribution in [-0.4, -0.2) is 65.3 Å². The molecule has 0 aliphatic carbocycles. The van der Waals surface area contributed by atoms with Crippen molar-refractivity contribution in [3.8, 4) is 6.01 Å². The van der Waals surface area contributed by atoms with E-state index in [1.54, 1.807) is 0 Å². The highest BCUT2D eigenvalue weighted by atomic mass is 16.6. The molecule has 176 valence electrons. The van der Waals surface area contributed by atoms with Gasteiger partial charge in [-0.1, -0.05) is 0 Å². The Kier molecular flexibility index (Phi) is 9.31. The van der Waals surface area contributed by atoms with E-state index in [4.69, 9.17) is 29.4 Å². The van der Waals surface area contributed by atoms with E-state index >= 15 is 0 Å². The summed E-state index contributed by atoms with van der Waals surface area (Å²) in [4.78, 5) is 66.7. The van der Waals surface area contributed by atoms with E-state index in [9.17, 15) is 24.0 Å². The molecule has 0 bridgehead atoms. The Balaban J connectivity index is 3.70. The number of ether oxygens (including phenoxy) is 5. The number of carbonyl (C=O) groups excluding carboxylic acids is 4. The van der Waals surface area contributed by atoms with Crippen molar-refractivity contribution < 1.29 is 42.9 Å². The summed E-state index contributed by atoms with van der Waals surface area (Å²) in [5, 5.41) is 0. The number of rotatable bonds is 8. The number of nitrogen functional groups attached to an aromatic ring is 1. The van der Waals surface area contributed by atoms with Gasteiger partial charge in [0.1, 0.15) is 6.61 Å². The van der Waals surface area contributed by atoms with Crippen LogP contribution in [0.4, 0.5) is 11.5 Å². The highest BCUT2D eigenvalue weighted by Gasteiger charge is 2.36. The highest BCUT2D eigenvalue weighted by Crippen LogP contribution is 2.20. The molecule has 0 spiro atoms. The van der Waals surface area contributed by atoms with Gasteiger partial charge in [-0.2, -0.15) is 4.98 Å². The zero-order valence-electron chi connectivity index (χ0n) is 18.4. The molecule has 1 aromatic heterocycles. The highest BCUT2D eigenvalue weighted by molar-refractivity contribution is 5.94. The van der Waals surface area contributed by atoms with Gasteiger partial charge in [-0.05, 0) is 0 Å². The van der Waals surface area contributed by atoms with Crippen molar-refractivity contribution in [1.29, 1.82) is 0 Å². The number of aliphatic imine (C=N–C) groups is 1. The summed E-state index contributed by atoms with van der Waals surface area (Å²) >= 11 is 0. The summed E-state index contributed by atoms with van der Waals surface area (Å²) < 4.78 is 26.0. The first-order valence-corrected chi connectivity index (χ1v) is 9.02. The number of hydrogen-bond donors (Lipinski definition) is 1. The van der Waals surface area contributed by atoms with Crippen LogP contribution in [0.15, 0.2) is 9.79 Å². The van der Waals surface area contributed by atoms with Crippen LogP contribution in [0.5, 0.6) is 6.01 Å². The first kappa shape index (κ1) is 26.1. The second kappa shape index (κ2) is 11.4. The van der Waals surface area contributed by atoms with E-state index in [0.29, 0.717) is 0 Å². The zero-order chi connectivity index (χ0) is 24.6. The van der Waals surface area contributed by atoms with E-state index in [-0.39, 0.29) is 11.8 Å². The lowest BCUT2D eigenvalue weighted by atomic mass is 10.2. The molecule has 0 aliphatic heterocycles. The third-order valence-corrected chi connectivity index (χ3v) is 3.55. The largest absolute Gasteiger partial charge is 0.468 e. The Morgan fingerprint density at radius 2 is 1.62 bits per heavy atom. The van der Waals surface area contributed by atoms with Gasteiger partial charge in [-0.25, -0.2) is 4.99 Å². The molecule has 1 rings (SSSR count). The van der Waals surface area contributed by atoms with Crippen LogP contribution in [0.1, 0.15) is 27.7 Å². The van der Waals surface area contributed by atoms with Crippen LogP contribution in [-0.2, 0) is 45.2 Å². The van der Waals surface area contributed by atoms with Gasteiger partial charge in [0.25, 0.3) is 5.56 Å². The molecule has 2 atom stereocenters. The Bertz CT molecular complexity index is 985. The monoisotopic (exact) mass is 456 g/mol. The number of anilines is 1. The minimum absolute atomic E-state index is 0.121.